The lowest BCUT2D eigenvalue weighted by atomic mass is 9.83. The molecule has 2 heterocycles. The molecule has 0 unspecified atom stereocenters. The molecular weight excluding hydrogens is 334 g/mol. The number of ketones is 1. The number of rotatable bonds is 3. The Bertz CT molecular complexity index is 995. The first-order valence-corrected chi connectivity index (χ1v) is 8.15. The van der Waals surface area contributed by atoms with E-state index in [2.05, 4.69) is 5.32 Å². The van der Waals surface area contributed by atoms with E-state index in [0.29, 0.717) is 39.8 Å². The van der Waals surface area contributed by atoms with E-state index in [4.69, 9.17) is 13.9 Å². The number of dihydropyridines is 1. The van der Waals surface area contributed by atoms with E-state index >= 15 is 0 Å². The van der Waals surface area contributed by atoms with Crippen LogP contribution in [0.4, 0.5) is 0 Å². The van der Waals surface area contributed by atoms with E-state index in [1.807, 2.05) is 18.2 Å². The summed E-state index contributed by atoms with van der Waals surface area (Å²) in [5, 5.41) is 3.22. The molecule has 6 nitrogen and oxygen atoms in total. The molecule has 0 amide bonds. The van der Waals surface area contributed by atoms with Gasteiger partial charge < -0.3 is 19.2 Å². The summed E-state index contributed by atoms with van der Waals surface area (Å²) in [7, 11) is 2.81. The van der Waals surface area contributed by atoms with E-state index in [-0.39, 0.29) is 5.78 Å². The fourth-order valence-corrected chi connectivity index (χ4v) is 3.59. The number of nitrogens with one attached hydrogen (secondary N) is 1. The van der Waals surface area contributed by atoms with Crippen molar-refractivity contribution in [3.63, 3.8) is 0 Å². The van der Waals surface area contributed by atoms with Gasteiger partial charge in [-0.1, -0.05) is 24.3 Å². The summed E-state index contributed by atoms with van der Waals surface area (Å²) in [5.74, 6) is -0.534. The smallest absolute Gasteiger partial charge is 0.336 e. The minimum absolute atomic E-state index is 0.127. The van der Waals surface area contributed by atoms with E-state index < -0.39 is 11.9 Å². The molecule has 0 saturated heterocycles. The zero-order valence-corrected chi connectivity index (χ0v) is 14.6. The van der Waals surface area contributed by atoms with Crippen molar-refractivity contribution in [2.75, 3.05) is 14.2 Å². The highest BCUT2D eigenvalue weighted by atomic mass is 16.6. The van der Waals surface area contributed by atoms with Crippen LogP contribution in [-0.2, 0) is 9.53 Å². The van der Waals surface area contributed by atoms with Crippen LogP contribution in [0.25, 0.3) is 5.70 Å². The van der Waals surface area contributed by atoms with Crippen LogP contribution in [0.3, 0.4) is 0 Å². The number of hydrogen-bond acceptors (Lipinski definition) is 6. The first-order valence-electron chi connectivity index (χ1n) is 8.15. The molecule has 0 spiro atoms. The average Bonchev–Trinajstić information content (AvgIpc) is 3.24. The molecule has 2 aliphatic rings. The molecular formula is C20H17NO5. The van der Waals surface area contributed by atoms with Crippen LogP contribution in [-0.4, -0.2) is 26.0 Å². The number of furan rings is 1. The predicted octanol–water partition coefficient (Wildman–Crippen LogP) is 3.03. The van der Waals surface area contributed by atoms with Crippen LogP contribution in [0.2, 0.25) is 0 Å². The van der Waals surface area contributed by atoms with Gasteiger partial charge in [0, 0.05) is 28.5 Å². The number of benzene rings is 1. The van der Waals surface area contributed by atoms with Crippen molar-refractivity contribution in [3.05, 3.63) is 70.1 Å². The van der Waals surface area contributed by atoms with Gasteiger partial charge in [-0.05, 0) is 13.0 Å². The number of Topliss-reactive ketones (excluding diaryl/α,β-unsaturated/α-hetero) is 1. The SMILES string of the molecule is COC(=O)C1=C(C)NC2=C(C(=O)c3ccccc32)[C@@H]1c1ccc(OC)o1. The van der Waals surface area contributed by atoms with Gasteiger partial charge in [0.1, 0.15) is 5.76 Å². The lowest BCUT2D eigenvalue weighted by Crippen LogP contribution is -2.28. The summed E-state index contributed by atoms with van der Waals surface area (Å²) >= 11 is 0. The number of hydrogen-bond donors (Lipinski definition) is 1. The largest absolute Gasteiger partial charge is 0.468 e. The molecule has 0 fully saturated rings. The first kappa shape index (κ1) is 16.2. The van der Waals surface area contributed by atoms with Gasteiger partial charge in [0.2, 0.25) is 0 Å². The van der Waals surface area contributed by atoms with Gasteiger partial charge in [0.25, 0.3) is 5.95 Å². The molecule has 6 heteroatoms. The van der Waals surface area contributed by atoms with Crippen molar-refractivity contribution in [2.45, 2.75) is 12.8 Å². The maximum Gasteiger partial charge on any atom is 0.336 e. The Morgan fingerprint density at radius 1 is 1.12 bits per heavy atom. The normalized spacial score (nSPS) is 18.4. The Labute approximate surface area is 150 Å². The van der Waals surface area contributed by atoms with Gasteiger partial charge in [-0.2, -0.15) is 0 Å². The molecule has 1 aliphatic heterocycles. The van der Waals surface area contributed by atoms with Crippen molar-refractivity contribution in [3.8, 4) is 5.95 Å². The monoisotopic (exact) mass is 351 g/mol. The molecule has 1 atom stereocenters. The Balaban J connectivity index is 1.94. The van der Waals surface area contributed by atoms with Gasteiger partial charge in [-0.25, -0.2) is 4.79 Å². The van der Waals surface area contributed by atoms with Gasteiger partial charge in [0.15, 0.2) is 5.78 Å². The van der Waals surface area contributed by atoms with Crippen LogP contribution >= 0.6 is 0 Å². The third-order valence-electron chi connectivity index (χ3n) is 4.74. The van der Waals surface area contributed by atoms with Crippen molar-refractivity contribution < 1.29 is 23.5 Å². The number of fused-ring (bicyclic) bond motifs is 2. The molecule has 0 radical (unpaired) electrons. The van der Waals surface area contributed by atoms with Crippen LogP contribution in [0.5, 0.6) is 5.95 Å². The quantitative estimate of drug-likeness (QED) is 0.857. The number of carbonyl (C=O) groups is 2. The van der Waals surface area contributed by atoms with Gasteiger partial charge in [0.05, 0.1) is 31.4 Å². The van der Waals surface area contributed by atoms with Gasteiger partial charge in [-0.15, -0.1) is 0 Å². The number of carbonyl (C=O) groups excluding carboxylic acids is 2. The summed E-state index contributed by atoms with van der Waals surface area (Å²) in [5.41, 5.74) is 3.59. The third kappa shape index (κ3) is 2.19. The number of esters is 1. The zero-order chi connectivity index (χ0) is 18.4. The standard InChI is InChI=1S/C20H17NO5/c1-10-15(20(23)25-3)16(13-8-9-14(24-2)26-13)17-18(21-10)11-6-4-5-7-12(11)19(17)22/h4-9,16,21H,1-3H3/t16-/m1/s1. The summed E-state index contributed by atoms with van der Waals surface area (Å²) in [6.45, 7) is 1.79. The van der Waals surface area contributed by atoms with E-state index in [1.54, 1.807) is 25.1 Å². The average molecular weight is 351 g/mol. The van der Waals surface area contributed by atoms with Crippen molar-refractivity contribution >= 4 is 17.4 Å². The number of ether oxygens (including phenoxy) is 2. The minimum Gasteiger partial charge on any atom is -0.468 e. The molecule has 26 heavy (non-hydrogen) atoms. The fraction of sp³-hybridized carbons (Fsp3) is 0.200. The minimum atomic E-state index is -0.664. The maximum absolute atomic E-state index is 13.1. The highest BCUT2D eigenvalue weighted by molar-refractivity contribution is 6.23. The Kier molecular flexibility index (Phi) is 3.68. The van der Waals surface area contributed by atoms with Crippen LogP contribution in [0, 0.1) is 0 Å². The van der Waals surface area contributed by atoms with Crippen molar-refractivity contribution in [2.24, 2.45) is 0 Å². The van der Waals surface area contributed by atoms with Gasteiger partial charge in [-0.3, -0.25) is 4.79 Å². The van der Waals surface area contributed by atoms with Crippen LogP contribution < -0.4 is 10.1 Å². The second-order valence-electron chi connectivity index (χ2n) is 6.11. The van der Waals surface area contributed by atoms with E-state index in [1.165, 1.54) is 14.2 Å². The molecule has 0 saturated carbocycles. The Morgan fingerprint density at radius 2 is 1.85 bits per heavy atom. The van der Waals surface area contributed by atoms with Crippen molar-refractivity contribution in [1.29, 1.82) is 0 Å². The third-order valence-corrected chi connectivity index (χ3v) is 4.74. The topological polar surface area (TPSA) is 77.8 Å². The molecule has 1 N–H and O–H groups in total. The second kappa shape index (κ2) is 5.91. The number of methoxy groups -OCH3 is 2. The maximum atomic E-state index is 13.1. The summed E-state index contributed by atoms with van der Waals surface area (Å²) in [4.78, 5) is 25.6. The molecule has 4 rings (SSSR count). The summed E-state index contributed by atoms with van der Waals surface area (Å²) in [6, 6.07) is 10.7. The zero-order valence-electron chi connectivity index (χ0n) is 14.6. The molecule has 1 aliphatic carbocycles. The van der Waals surface area contributed by atoms with Crippen LogP contribution in [0.15, 0.2) is 57.7 Å². The van der Waals surface area contributed by atoms with Gasteiger partial charge >= 0.3 is 5.97 Å². The summed E-state index contributed by atoms with van der Waals surface area (Å²) < 4.78 is 15.8. The molecule has 0 bridgehead atoms. The molecule has 1 aromatic carbocycles. The summed E-state index contributed by atoms with van der Waals surface area (Å²) in [6.07, 6.45) is 0. The Morgan fingerprint density at radius 3 is 2.50 bits per heavy atom. The fourth-order valence-electron chi connectivity index (χ4n) is 3.59. The first-order chi connectivity index (χ1) is 12.6. The highest BCUT2D eigenvalue weighted by Crippen LogP contribution is 2.47. The van der Waals surface area contributed by atoms with E-state index in [0.717, 1.165) is 5.56 Å². The molecule has 1 aromatic heterocycles. The lowest BCUT2D eigenvalue weighted by molar-refractivity contribution is -0.136. The predicted molar refractivity (Wildman–Crippen MR) is 93.5 cm³/mol. The van der Waals surface area contributed by atoms with E-state index in [9.17, 15) is 9.59 Å². The molecule has 132 valence electrons. The van der Waals surface area contributed by atoms with Crippen LogP contribution in [0.1, 0.15) is 34.5 Å². The highest BCUT2D eigenvalue weighted by Gasteiger charge is 2.44. The molecule has 2 aromatic rings. The lowest BCUT2D eigenvalue weighted by Gasteiger charge is -2.27. The van der Waals surface area contributed by atoms with Crippen molar-refractivity contribution in [1.82, 2.24) is 5.32 Å². The second-order valence-corrected chi connectivity index (χ2v) is 6.11. The number of allylic oxidation sites excluding steroid dienone is 2. The Hall–Kier alpha value is -3.28.